The quantitative estimate of drug-likeness (QED) is 0.536. The van der Waals surface area contributed by atoms with Gasteiger partial charge in [-0.3, -0.25) is 0 Å². The number of hydrogen-bond donors (Lipinski definition) is 0. The number of benzene rings is 1. The first-order chi connectivity index (χ1) is 6.77. The van der Waals surface area contributed by atoms with E-state index in [0.717, 1.165) is 12.0 Å². The van der Waals surface area contributed by atoms with Gasteiger partial charge in [0.25, 0.3) is 0 Å². The highest BCUT2D eigenvalue weighted by Gasteiger charge is 2.12. The van der Waals surface area contributed by atoms with E-state index < -0.39 is 0 Å². The van der Waals surface area contributed by atoms with Gasteiger partial charge in [-0.2, -0.15) is 0 Å². The second-order valence-electron chi connectivity index (χ2n) is 3.01. The molecule has 0 heterocycles. The highest BCUT2D eigenvalue weighted by Crippen LogP contribution is 2.22. The van der Waals surface area contributed by atoms with Crippen LogP contribution in [-0.4, -0.2) is 0 Å². The minimum absolute atomic E-state index is 0.303. The monoisotopic (exact) mass is 197 g/mol. The Morgan fingerprint density at radius 2 is 2.07 bits per heavy atom. The van der Waals surface area contributed by atoms with E-state index in [9.17, 15) is 9.30 Å². The molecule has 0 N–H and O–H groups in total. The van der Waals surface area contributed by atoms with Crippen LogP contribution in [0.3, 0.4) is 0 Å². The lowest BCUT2D eigenvalue weighted by Crippen LogP contribution is -1.99. The molecule has 0 saturated carbocycles. The Bertz CT molecular complexity index is 287. The largest absolute Gasteiger partial charge is 0.356 e. The van der Waals surface area contributed by atoms with E-state index >= 15 is 0 Å². The average molecular weight is 197 g/mol. The molecule has 1 unspecified atom stereocenters. The van der Waals surface area contributed by atoms with Crippen molar-refractivity contribution in [3.8, 4) is 0 Å². The Morgan fingerprint density at radius 3 is 2.57 bits per heavy atom. The fraction of sp³-hybridized carbons (Fsp3) is 0.400. The molecular weight excluding hydrogens is 185 g/mol. The van der Waals surface area contributed by atoms with Crippen LogP contribution in [0.1, 0.15) is 31.4 Å². The zero-order valence-corrected chi connectivity index (χ0v) is 7.94. The van der Waals surface area contributed by atoms with Gasteiger partial charge in [0.05, 0.1) is 0 Å². The summed E-state index contributed by atoms with van der Waals surface area (Å²) in [4.78, 5) is 14.6. The van der Waals surface area contributed by atoms with Crippen molar-refractivity contribution in [3.63, 3.8) is 0 Å². The molecule has 0 bridgehead atoms. The van der Waals surface area contributed by atoms with Gasteiger partial charge in [0.1, 0.15) is 5.82 Å². The van der Waals surface area contributed by atoms with Crippen LogP contribution in [0, 0.1) is 10.7 Å². The Morgan fingerprint density at radius 1 is 1.43 bits per heavy atom. The predicted octanol–water partition coefficient (Wildman–Crippen LogP) is 3.36. The van der Waals surface area contributed by atoms with Crippen LogP contribution in [0.5, 0.6) is 0 Å². The van der Waals surface area contributed by atoms with Crippen molar-refractivity contribution in [2.75, 3.05) is 0 Å². The fourth-order valence-corrected chi connectivity index (χ4v) is 1.27. The summed E-state index contributed by atoms with van der Waals surface area (Å²) in [6, 6.07) is 5.87. The van der Waals surface area contributed by atoms with Crippen molar-refractivity contribution in [1.29, 1.82) is 0 Å². The lowest BCUT2D eigenvalue weighted by molar-refractivity contribution is 0.0479. The summed E-state index contributed by atoms with van der Waals surface area (Å²) < 4.78 is 12.6. The Labute approximate surface area is 81.8 Å². The molecule has 1 aromatic rings. The van der Waals surface area contributed by atoms with Crippen LogP contribution in [0.4, 0.5) is 4.39 Å². The van der Waals surface area contributed by atoms with E-state index in [1.165, 1.54) is 12.1 Å². The summed E-state index contributed by atoms with van der Waals surface area (Å²) in [6.45, 7) is 1.98. The Kier molecular flexibility index (Phi) is 4.04. The van der Waals surface area contributed by atoms with Crippen molar-refractivity contribution in [3.05, 3.63) is 40.6 Å². The van der Waals surface area contributed by atoms with Crippen molar-refractivity contribution >= 4 is 0 Å². The lowest BCUT2D eigenvalue weighted by Gasteiger charge is -2.11. The molecule has 0 amide bonds. The van der Waals surface area contributed by atoms with E-state index in [1.807, 2.05) is 6.92 Å². The second kappa shape index (κ2) is 5.32. The molecule has 0 spiro atoms. The molecule has 0 aliphatic rings. The van der Waals surface area contributed by atoms with Crippen LogP contribution in [0.15, 0.2) is 29.6 Å². The van der Waals surface area contributed by atoms with Gasteiger partial charge in [-0.25, -0.2) is 4.39 Å². The Balaban J connectivity index is 2.76. The first-order valence-corrected chi connectivity index (χ1v) is 4.52. The third-order valence-electron chi connectivity index (χ3n) is 1.96. The van der Waals surface area contributed by atoms with Crippen LogP contribution >= 0.6 is 0 Å². The van der Waals surface area contributed by atoms with Gasteiger partial charge >= 0.3 is 0 Å². The second-order valence-corrected chi connectivity index (χ2v) is 3.01. The van der Waals surface area contributed by atoms with Crippen molar-refractivity contribution in [2.45, 2.75) is 25.9 Å². The molecule has 0 saturated heterocycles. The predicted molar refractivity (Wildman–Crippen MR) is 50.9 cm³/mol. The van der Waals surface area contributed by atoms with E-state index in [0.29, 0.717) is 6.42 Å². The van der Waals surface area contributed by atoms with Crippen molar-refractivity contribution < 1.29 is 9.23 Å². The summed E-state index contributed by atoms with van der Waals surface area (Å²) in [5, 5.41) is 2.41. The van der Waals surface area contributed by atoms with Gasteiger partial charge in [-0.15, -0.1) is 4.91 Å². The number of rotatable bonds is 5. The van der Waals surface area contributed by atoms with Crippen molar-refractivity contribution in [2.24, 2.45) is 5.34 Å². The van der Waals surface area contributed by atoms with Crippen LogP contribution < -0.4 is 0 Å². The molecule has 76 valence electrons. The smallest absolute Gasteiger partial charge is 0.155 e. The summed E-state index contributed by atoms with van der Waals surface area (Å²) in [6.07, 6.45) is 1.20. The zero-order chi connectivity index (χ0) is 10.4. The van der Waals surface area contributed by atoms with E-state index in [4.69, 9.17) is 0 Å². The van der Waals surface area contributed by atoms with Crippen LogP contribution in [0.2, 0.25) is 0 Å². The van der Waals surface area contributed by atoms with Gasteiger partial charge in [0.15, 0.2) is 11.4 Å². The highest BCUT2D eigenvalue weighted by atomic mass is 19.1. The molecule has 1 rings (SSSR count). The summed E-state index contributed by atoms with van der Waals surface area (Å²) >= 11 is 0. The fourth-order valence-electron chi connectivity index (χ4n) is 1.27. The lowest BCUT2D eigenvalue weighted by atomic mass is 10.1. The van der Waals surface area contributed by atoms with Gasteiger partial charge in [0.2, 0.25) is 0 Å². The first kappa shape index (κ1) is 10.6. The van der Waals surface area contributed by atoms with E-state index in [1.54, 1.807) is 12.1 Å². The third-order valence-corrected chi connectivity index (χ3v) is 1.96. The molecule has 3 nitrogen and oxygen atoms in total. The van der Waals surface area contributed by atoms with Crippen LogP contribution in [-0.2, 0) is 4.84 Å². The minimum Gasteiger partial charge on any atom is -0.356 e. The number of nitrogens with zero attached hydrogens (tertiary/aromatic N) is 1. The summed E-state index contributed by atoms with van der Waals surface area (Å²) in [5.74, 6) is -0.303. The molecule has 0 fully saturated rings. The van der Waals surface area contributed by atoms with E-state index in [-0.39, 0.29) is 11.9 Å². The molecule has 0 aliphatic carbocycles. The molecule has 0 aromatic heterocycles. The maximum Gasteiger partial charge on any atom is 0.155 e. The summed E-state index contributed by atoms with van der Waals surface area (Å²) in [5.41, 5.74) is 0.771. The highest BCUT2D eigenvalue weighted by molar-refractivity contribution is 5.18. The van der Waals surface area contributed by atoms with Gasteiger partial charge in [0, 0.05) is 0 Å². The molecule has 14 heavy (non-hydrogen) atoms. The molecule has 1 atom stereocenters. The topological polar surface area (TPSA) is 38.7 Å². The van der Waals surface area contributed by atoms with Crippen molar-refractivity contribution in [1.82, 2.24) is 0 Å². The standard InChI is InChI=1S/C10H12FNO2/c1-2-3-10(14-12-13)8-4-6-9(11)7-5-8/h4-7,10H,2-3H2,1H3. The molecular formula is C10H12FNO2. The Hall–Kier alpha value is -1.45. The van der Waals surface area contributed by atoms with E-state index in [2.05, 4.69) is 10.2 Å². The normalized spacial score (nSPS) is 12.1. The van der Waals surface area contributed by atoms with Gasteiger partial charge in [-0.1, -0.05) is 25.5 Å². The molecule has 1 aromatic carbocycles. The van der Waals surface area contributed by atoms with Crippen LogP contribution in [0.25, 0.3) is 0 Å². The summed E-state index contributed by atoms with van der Waals surface area (Å²) in [7, 11) is 0. The number of halogens is 1. The third kappa shape index (κ3) is 2.80. The first-order valence-electron chi connectivity index (χ1n) is 4.52. The average Bonchev–Trinajstić information content (AvgIpc) is 2.19. The van der Waals surface area contributed by atoms with Gasteiger partial charge < -0.3 is 4.84 Å². The zero-order valence-electron chi connectivity index (χ0n) is 7.94. The maximum absolute atomic E-state index is 12.6. The molecule has 0 radical (unpaired) electrons. The molecule has 0 aliphatic heterocycles. The molecule has 4 heteroatoms. The number of hydrogen-bond acceptors (Lipinski definition) is 3. The van der Waals surface area contributed by atoms with Gasteiger partial charge in [-0.05, 0) is 24.1 Å². The maximum atomic E-state index is 12.6. The minimum atomic E-state index is -0.363. The SMILES string of the molecule is CCCC(ON=O)c1ccc(F)cc1.